The molecule has 19 heavy (non-hydrogen) atoms. The van der Waals surface area contributed by atoms with E-state index in [9.17, 15) is 0 Å². The van der Waals surface area contributed by atoms with Gasteiger partial charge in [-0.05, 0) is 11.3 Å². The highest BCUT2D eigenvalue weighted by Gasteiger charge is 2.00. The summed E-state index contributed by atoms with van der Waals surface area (Å²) in [5, 5.41) is 4.52. The zero-order chi connectivity index (χ0) is 13.2. The summed E-state index contributed by atoms with van der Waals surface area (Å²) in [6.07, 6.45) is 0. The van der Waals surface area contributed by atoms with Crippen molar-refractivity contribution in [2.45, 2.75) is 0 Å². The molecule has 0 saturated carbocycles. The fourth-order valence-corrected chi connectivity index (χ4v) is 2.59. The Kier molecular flexibility index (Phi) is 3.23. The molecule has 2 aromatic rings. The molecule has 0 radical (unpaired) electrons. The Morgan fingerprint density at radius 3 is 2.21 bits per heavy atom. The quantitative estimate of drug-likeness (QED) is 0.529. The molecule has 1 aromatic heterocycles. The molecular formula is C15H11ClN2S. The van der Waals surface area contributed by atoms with Crippen LogP contribution in [0.4, 0.5) is 5.69 Å². The number of nitrogens with two attached hydrogens (primary N) is 1. The molecule has 0 aliphatic heterocycles. The van der Waals surface area contributed by atoms with Gasteiger partial charge in [-0.2, -0.15) is 0 Å². The predicted octanol–water partition coefficient (Wildman–Crippen LogP) is 4.33. The first kappa shape index (κ1) is 12.2. The molecule has 2 aliphatic rings. The molecule has 2 N–H and O–H groups in total. The van der Waals surface area contributed by atoms with E-state index >= 15 is 0 Å². The Morgan fingerprint density at radius 2 is 1.84 bits per heavy atom. The molecule has 0 bridgehead atoms. The number of nitrogens with zero attached hydrogens (tertiary/aromatic N) is 1. The van der Waals surface area contributed by atoms with E-state index in [4.69, 9.17) is 17.3 Å². The van der Waals surface area contributed by atoms with Gasteiger partial charge in [0.15, 0.2) is 4.47 Å². The Morgan fingerprint density at radius 1 is 1.05 bits per heavy atom. The third kappa shape index (κ3) is 2.48. The highest BCUT2D eigenvalue weighted by Crippen LogP contribution is 2.23. The molecule has 1 heterocycles. The second-order valence-electron chi connectivity index (χ2n) is 4.15. The van der Waals surface area contributed by atoms with Gasteiger partial charge in [0, 0.05) is 21.8 Å². The third-order valence-corrected chi connectivity index (χ3v) is 3.89. The number of nitrogen functional groups attached to an aromatic ring is 1. The Hall–Kier alpha value is -1.84. The van der Waals surface area contributed by atoms with E-state index in [-0.39, 0.29) is 0 Å². The van der Waals surface area contributed by atoms with Crippen LogP contribution in [0.1, 0.15) is 0 Å². The first-order chi connectivity index (χ1) is 9.24. The Balaban J connectivity index is 0.000000132. The summed E-state index contributed by atoms with van der Waals surface area (Å²) in [5.74, 6) is 0. The molecule has 0 atom stereocenters. The van der Waals surface area contributed by atoms with Gasteiger partial charge >= 0.3 is 0 Å². The van der Waals surface area contributed by atoms with Crippen LogP contribution in [0, 0.1) is 10.4 Å². The number of hydrogen-bond acceptors (Lipinski definition) is 3. The molecule has 0 saturated heterocycles. The molecule has 0 fully saturated rings. The summed E-state index contributed by atoms with van der Waals surface area (Å²) >= 11 is 7.17. The van der Waals surface area contributed by atoms with Crippen molar-refractivity contribution in [3.05, 3.63) is 68.8 Å². The average Bonchev–Trinajstić information content (AvgIpc) is 2.84. The average molecular weight is 287 g/mol. The minimum atomic E-state index is 0.592. The van der Waals surface area contributed by atoms with E-state index in [1.54, 1.807) is 0 Å². The normalized spacial score (nSPS) is 10.6. The van der Waals surface area contributed by atoms with Crippen molar-refractivity contribution in [1.82, 2.24) is 4.98 Å². The van der Waals surface area contributed by atoms with Crippen LogP contribution in [0.15, 0.2) is 53.9 Å². The van der Waals surface area contributed by atoms with Crippen molar-refractivity contribution in [2.75, 3.05) is 5.73 Å². The molecule has 0 unspecified atom stereocenters. The topological polar surface area (TPSA) is 38.9 Å². The summed E-state index contributed by atoms with van der Waals surface area (Å²) < 4.78 is 0.592. The molecular weight excluding hydrogens is 276 g/mol. The molecule has 0 amide bonds. The van der Waals surface area contributed by atoms with E-state index in [0.717, 1.165) is 16.9 Å². The zero-order valence-corrected chi connectivity index (χ0v) is 11.6. The highest BCUT2D eigenvalue weighted by molar-refractivity contribution is 7.14. The summed E-state index contributed by atoms with van der Waals surface area (Å²) in [6, 6.07) is 16.1. The van der Waals surface area contributed by atoms with E-state index in [1.807, 2.05) is 47.8 Å². The first-order valence-electron chi connectivity index (χ1n) is 5.80. The minimum absolute atomic E-state index is 0.592. The summed E-state index contributed by atoms with van der Waals surface area (Å²) in [4.78, 5) is 4.16. The lowest BCUT2D eigenvalue weighted by Crippen LogP contribution is -1.95. The number of aromatic nitrogens is 1. The largest absolute Gasteiger partial charge is 0.398 e. The van der Waals surface area contributed by atoms with Crippen LogP contribution >= 0.6 is 22.9 Å². The van der Waals surface area contributed by atoms with Gasteiger partial charge in [-0.1, -0.05) is 54.1 Å². The number of rotatable bonds is 1. The van der Waals surface area contributed by atoms with Gasteiger partial charge in [-0.25, -0.2) is 4.98 Å². The second-order valence-corrected chi connectivity index (χ2v) is 5.59. The van der Waals surface area contributed by atoms with Gasteiger partial charge in [0.05, 0.1) is 5.69 Å². The highest BCUT2D eigenvalue weighted by atomic mass is 35.5. The van der Waals surface area contributed by atoms with E-state index in [0.29, 0.717) is 4.47 Å². The minimum Gasteiger partial charge on any atom is -0.398 e. The van der Waals surface area contributed by atoms with Crippen LogP contribution in [0.3, 0.4) is 0 Å². The van der Waals surface area contributed by atoms with Gasteiger partial charge in [-0.15, -0.1) is 11.3 Å². The van der Waals surface area contributed by atoms with Gasteiger partial charge < -0.3 is 5.73 Å². The maximum atomic E-state index is 5.72. The summed E-state index contributed by atoms with van der Waals surface area (Å²) in [6.45, 7) is 0. The molecule has 4 rings (SSSR count). The second kappa shape index (κ2) is 5.03. The van der Waals surface area contributed by atoms with Crippen LogP contribution < -0.4 is 5.73 Å². The summed E-state index contributed by atoms with van der Waals surface area (Å²) in [5.41, 5.74) is 8.42. The number of thiazole rings is 1. The van der Waals surface area contributed by atoms with Crippen LogP contribution in [-0.4, -0.2) is 4.98 Å². The molecule has 0 spiro atoms. The lowest BCUT2D eigenvalue weighted by molar-refractivity contribution is 1.38. The van der Waals surface area contributed by atoms with Gasteiger partial charge in [0.1, 0.15) is 0 Å². The van der Waals surface area contributed by atoms with E-state index in [1.165, 1.54) is 21.8 Å². The number of halogens is 1. The van der Waals surface area contributed by atoms with E-state index in [2.05, 4.69) is 11.1 Å². The fourth-order valence-electron chi connectivity index (χ4n) is 1.81. The Labute approximate surface area is 119 Å². The SMILES string of the molecule is Clc1nc(-c2ccccc2)cs1.Nc1cc2ccc1=2. The molecule has 2 aliphatic carbocycles. The van der Waals surface area contributed by atoms with Gasteiger partial charge in [0.25, 0.3) is 0 Å². The van der Waals surface area contributed by atoms with Gasteiger partial charge in [-0.3, -0.25) is 0 Å². The van der Waals surface area contributed by atoms with E-state index < -0.39 is 0 Å². The summed E-state index contributed by atoms with van der Waals surface area (Å²) in [7, 11) is 0. The number of benzene rings is 2. The maximum Gasteiger partial charge on any atom is 0.184 e. The number of hydrogen-bond donors (Lipinski definition) is 1. The van der Waals surface area contributed by atoms with Crippen molar-refractivity contribution in [1.29, 1.82) is 0 Å². The molecule has 94 valence electrons. The lowest BCUT2D eigenvalue weighted by atomic mass is 10.1. The lowest BCUT2D eigenvalue weighted by Gasteiger charge is -2.03. The van der Waals surface area contributed by atoms with Crippen molar-refractivity contribution < 1.29 is 0 Å². The standard InChI is InChI=1S/C9H6ClNS.C6H5N/c10-9-11-8(6-12-9)7-4-2-1-3-5-7;7-6-3-4-1-2-5(4)6/h1-6H;1-3H,7H2. The van der Waals surface area contributed by atoms with Crippen LogP contribution in [-0.2, 0) is 0 Å². The van der Waals surface area contributed by atoms with Crippen molar-refractivity contribution in [3.8, 4) is 11.3 Å². The smallest absolute Gasteiger partial charge is 0.184 e. The predicted molar refractivity (Wildman–Crippen MR) is 81.1 cm³/mol. The third-order valence-electron chi connectivity index (χ3n) is 2.91. The number of anilines is 1. The van der Waals surface area contributed by atoms with Crippen molar-refractivity contribution in [2.24, 2.45) is 0 Å². The molecule has 1 aromatic carbocycles. The first-order valence-corrected chi connectivity index (χ1v) is 7.06. The van der Waals surface area contributed by atoms with Crippen LogP contribution in [0.25, 0.3) is 11.3 Å². The Bertz CT molecular complexity index is 797. The molecule has 4 heteroatoms. The monoisotopic (exact) mass is 286 g/mol. The van der Waals surface area contributed by atoms with Crippen molar-refractivity contribution in [3.63, 3.8) is 0 Å². The van der Waals surface area contributed by atoms with Crippen molar-refractivity contribution >= 4 is 28.6 Å². The molecule has 2 nitrogen and oxygen atoms in total. The van der Waals surface area contributed by atoms with Crippen LogP contribution in [0.5, 0.6) is 0 Å². The zero-order valence-electron chi connectivity index (χ0n) is 10.0. The fraction of sp³-hybridized carbons (Fsp3) is 0. The van der Waals surface area contributed by atoms with Crippen LogP contribution in [0.2, 0.25) is 4.47 Å². The maximum absolute atomic E-state index is 5.72. The van der Waals surface area contributed by atoms with Gasteiger partial charge in [0.2, 0.25) is 0 Å².